The maximum absolute atomic E-state index is 12.4. The Labute approximate surface area is 166 Å². The van der Waals surface area contributed by atoms with Crippen molar-refractivity contribution in [2.45, 2.75) is 77.9 Å². The summed E-state index contributed by atoms with van der Waals surface area (Å²) in [6.07, 6.45) is 4.11. The molecule has 5 N–H and O–H groups in total. The smallest absolute Gasteiger partial charge is 0.408 e. The third-order valence-electron chi connectivity index (χ3n) is 3.51. The lowest BCUT2D eigenvalue weighted by atomic mass is 10.1. The summed E-state index contributed by atoms with van der Waals surface area (Å²) < 4.78 is 5.20. The Morgan fingerprint density at radius 2 is 1.75 bits per heavy atom. The molecule has 0 saturated carbocycles. The van der Waals surface area contributed by atoms with Gasteiger partial charge in [0.1, 0.15) is 11.6 Å². The molecule has 0 radical (unpaired) electrons. The van der Waals surface area contributed by atoms with Gasteiger partial charge in [-0.25, -0.2) is 14.9 Å². The predicted octanol–water partition coefficient (Wildman–Crippen LogP) is 1.66. The number of hydrogen-bond donors (Lipinski definition) is 5. The molecule has 1 atom stereocenters. The number of hydrogen-bond acceptors (Lipinski definition) is 6. The van der Waals surface area contributed by atoms with Gasteiger partial charge in [0.05, 0.1) is 0 Å². The molecule has 162 valence electrons. The number of guanidine groups is 1. The number of ether oxygens (including phenoxy) is 1. The molecule has 0 bridgehead atoms. The van der Waals surface area contributed by atoms with Gasteiger partial charge in [0.2, 0.25) is 5.91 Å². The first-order valence-corrected chi connectivity index (χ1v) is 9.56. The lowest BCUT2D eigenvalue weighted by molar-refractivity contribution is -0.525. The Morgan fingerprint density at radius 1 is 1.11 bits per heavy atom. The number of alkyl carbamates (subject to hydrolysis) is 1. The van der Waals surface area contributed by atoms with Gasteiger partial charge in [-0.1, -0.05) is 31.6 Å². The van der Waals surface area contributed by atoms with Crippen molar-refractivity contribution in [2.75, 3.05) is 13.1 Å². The maximum atomic E-state index is 12.4. The molecule has 0 spiro atoms. The Hall–Kier alpha value is -2.59. The van der Waals surface area contributed by atoms with Gasteiger partial charge in [-0.2, -0.15) is 0 Å². The highest BCUT2D eigenvalue weighted by Crippen LogP contribution is 2.08. The lowest BCUT2D eigenvalue weighted by Crippen LogP contribution is -2.48. The second-order valence-electron chi connectivity index (χ2n) is 7.36. The van der Waals surface area contributed by atoms with Crippen molar-refractivity contribution >= 4 is 18.0 Å². The van der Waals surface area contributed by atoms with Crippen LogP contribution in [0.5, 0.6) is 0 Å². The summed E-state index contributed by atoms with van der Waals surface area (Å²) in [6.45, 7) is 8.05. The first-order chi connectivity index (χ1) is 13.0. The molecular formula is C17H34N6O5. The molecule has 0 rings (SSSR count). The minimum atomic E-state index is -0.839. The molecule has 0 aliphatic rings. The minimum Gasteiger partial charge on any atom is -0.444 e. The average molecular weight is 402 g/mol. The zero-order valence-corrected chi connectivity index (χ0v) is 17.2. The molecule has 0 aromatic carbocycles. The van der Waals surface area contributed by atoms with Gasteiger partial charge >= 0.3 is 6.09 Å². The van der Waals surface area contributed by atoms with Gasteiger partial charge in [0.15, 0.2) is 5.03 Å². The molecule has 0 aromatic rings. The molecule has 0 aliphatic heterocycles. The van der Waals surface area contributed by atoms with Crippen molar-refractivity contribution in [1.82, 2.24) is 21.4 Å². The lowest BCUT2D eigenvalue weighted by Gasteiger charge is -2.23. The topological polar surface area (TPSA) is 158 Å². The number of amides is 2. The molecule has 1 unspecified atom stereocenters. The fourth-order valence-electron chi connectivity index (χ4n) is 2.26. The van der Waals surface area contributed by atoms with E-state index in [1.807, 2.05) is 0 Å². The van der Waals surface area contributed by atoms with E-state index in [4.69, 9.17) is 10.1 Å². The van der Waals surface area contributed by atoms with Crippen LogP contribution >= 0.6 is 0 Å². The quantitative estimate of drug-likeness (QED) is 0.109. The number of hydrazine groups is 1. The Morgan fingerprint density at radius 3 is 2.32 bits per heavy atom. The highest BCUT2D eigenvalue weighted by Gasteiger charge is 2.23. The summed E-state index contributed by atoms with van der Waals surface area (Å²) in [5.41, 5.74) is 0.997. The van der Waals surface area contributed by atoms with Crippen LogP contribution in [0.15, 0.2) is 0 Å². The largest absolute Gasteiger partial charge is 0.444 e. The van der Waals surface area contributed by atoms with E-state index < -0.39 is 28.7 Å². The van der Waals surface area contributed by atoms with Crippen molar-refractivity contribution in [3.8, 4) is 0 Å². The summed E-state index contributed by atoms with van der Waals surface area (Å²) in [6, 6.07) is -0.791. The maximum Gasteiger partial charge on any atom is 0.408 e. The Balaban J connectivity index is 4.53. The molecule has 0 saturated heterocycles. The van der Waals surface area contributed by atoms with Crippen molar-refractivity contribution in [3.63, 3.8) is 0 Å². The number of carbonyl (C=O) groups is 2. The highest BCUT2D eigenvalue weighted by molar-refractivity contribution is 5.85. The highest BCUT2D eigenvalue weighted by atomic mass is 16.7. The fraction of sp³-hybridized carbons (Fsp3) is 0.824. The van der Waals surface area contributed by atoms with Crippen molar-refractivity contribution in [2.24, 2.45) is 0 Å². The second-order valence-corrected chi connectivity index (χ2v) is 7.36. The normalized spacial score (nSPS) is 11.9. The number of nitro groups is 1. The zero-order chi connectivity index (χ0) is 21.6. The summed E-state index contributed by atoms with van der Waals surface area (Å²) in [7, 11) is 0. The molecule has 0 aromatic heterocycles. The number of carbonyl (C=O) groups excluding carboxylic acids is 2. The molecule has 0 fully saturated rings. The van der Waals surface area contributed by atoms with E-state index in [0.717, 1.165) is 25.7 Å². The van der Waals surface area contributed by atoms with Gasteiger partial charge in [-0.05, 0) is 40.0 Å². The molecule has 11 nitrogen and oxygen atoms in total. The molecule has 0 heterocycles. The second kappa shape index (κ2) is 13.6. The van der Waals surface area contributed by atoms with Crippen molar-refractivity contribution < 1.29 is 19.4 Å². The van der Waals surface area contributed by atoms with E-state index >= 15 is 0 Å². The summed E-state index contributed by atoms with van der Waals surface area (Å²) in [4.78, 5) is 34.6. The summed E-state index contributed by atoms with van der Waals surface area (Å²) in [5.74, 6) is -0.747. The van der Waals surface area contributed by atoms with E-state index in [9.17, 15) is 19.7 Å². The van der Waals surface area contributed by atoms with Crippen LogP contribution < -0.4 is 21.4 Å². The predicted molar refractivity (Wildman–Crippen MR) is 105 cm³/mol. The van der Waals surface area contributed by atoms with E-state index in [1.165, 1.54) is 0 Å². The van der Waals surface area contributed by atoms with Crippen LogP contribution in [0.25, 0.3) is 0 Å². The average Bonchev–Trinajstić information content (AvgIpc) is 2.54. The number of nitrogens with zero attached hydrogens (tertiary/aromatic N) is 1. The first kappa shape index (κ1) is 25.4. The monoisotopic (exact) mass is 402 g/mol. The zero-order valence-electron chi connectivity index (χ0n) is 17.2. The molecule has 28 heavy (non-hydrogen) atoms. The van der Waals surface area contributed by atoms with Crippen LogP contribution in [0.2, 0.25) is 0 Å². The van der Waals surface area contributed by atoms with E-state index in [2.05, 4.69) is 22.9 Å². The van der Waals surface area contributed by atoms with Gasteiger partial charge in [-0.15, -0.1) is 0 Å². The van der Waals surface area contributed by atoms with Crippen molar-refractivity contribution in [3.05, 3.63) is 10.1 Å². The molecule has 0 aliphatic carbocycles. The Bertz CT molecular complexity index is 521. The van der Waals surface area contributed by atoms with Gasteiger partial charge in [0, 0.05) is 13.1 Å². The van der Waals surface area contributed by atoms with Crippen LogP contribution in [-0.2, 0) is 9.53 Å². The summed E-state index contributed by atoms with van der Waals surface area (Å²) in [5, 5.41) is 24.6. The fourth-order valence-corrected chi connectivity index (χ4v) is 2.26. The van der Waals surface area contributed by atoms with E-state index in [-0.39, 0.29) is 12.5 Å². The number of unbranched alkanes of at least 4 members (excludes halogenated alkanes) is 3. The van der Waals surface area contributed by atoms with Crippen LogP contribution in [0.1, 0.15) is 66.2 Å². The van der Waals surface area contributed by atoms with Crippen LogP contribution in [-0.4, -0.2) is 47.7 Å². The van der Waals surface area contributed by atoms with Gasteiger partial charge in [-0.3, -0.25) is 10.2 Å². The minimum absolute atomic E-state index is 0.232. The molecule has 2 amide bonds. The first-order valence-electron chi connectivity index (χ1n) is 9.56. The van der Waals surface area contributed by atoms with Crippen LogP contribution in [0.3, 0.4) is 0 Å². The number of nitrogens with one attached hydrogen (secondary N) is 5. The van der Waals surface area contributed by atoms with Crippen molar-refractivity contribution in [1.29, 1.82) is 5.41 Å². The summed E-state index contributed by atoms with van der Waals surface area (Å²) >= 11 is 0. The van der Waals surface area contributed by atoms with Crippen LogP contribution in [0.4, 0.5) is 4.79 Å². The number of rotatable bonds is 12. The SMILES string of the molecule is CCCCCCNC(=O)C(CCCNC(=N)N[N+](=O)[O-])NC(=O)OC(C)(C)C. The van der Waals surface area contributed by atoms with E-state index in [0.29, 0.717) is 19.4 Å². The van der Waals surface area contributed by atoms with E-state index in [1.54, 1.807) is 26.2 Å². The third kappa shape index (κ3) is 14.6. The Kier molecular flexibility index (Phi) is 12.3. The van der Waals surface area contributed by atoms with Gasteiger partial charge < -0.3 is 20.7 Å². The standard InChI is InChI=1S/C17H34N6O5/c1-5-6-7-8-11-19-14(24)13(21-16(25)28-17(2,3)4)10-9-12-20-15(18)22-23(26)27/h13H,5-12H2,1-4H3,(H,19,24)(H,21,25)(H3,18,20,22). The molecular weight excluding hydrogens is 368 g/mol. The third-order valence-corrected chi connectivity index (χ3v) is 3.51. The van der Waals surface area contributed by atoms with Crippen LogP contribution in [0, 0.1) is 15.5 Å². The molecule has 11 heteroatoms. The van der Waals surface area contributed by atoms with Gasteiger partial charge in [0.25, 0.3) is 5.96 Å².